The number of carbonyl (C=O) groups is 2. The molecule has 0 aliphatic heterocycles. The highest BCUT2D eigenvalue weighted by molar-refractivity contribution is 9.10. The third-order valence-corrected chi connectivity index (χ3v) is 5.00. The van der Waals surface area contributed by atoms with E-state index < -0.39 is 11.7 Å². The minimum atomic E-state index is -0.435. The van der Waals surface area contributed by atoms with Crippen LogP contribution in [-0.2, 0) is 16.0 Å². The first-order chi connectivity index (χ1) is 16.3. The molecule has 34 heavy (non-hydrogen) atoms. The second-order valence-electron chi connectivity index (χ2n) is 6.97. The van der Waals surface area contributed by atoms with Gasteiger partial charge in [-0.3, -0.25) is 9.59 Å². The van der Waals surface area contributed by atoms with Gasteiger partial charge in [0.05, 0.1) is 24.2 Å². The van der Waals surface area contributed by atoms with Crippen molar-refractivity contribution < 1.29 is 27.8 Å². The van der Waals surface area contributed by atoms with E-state index in [-0.39, 0.29) is 24.8 Å². The van der Waals surface area contributed by atoms with Crippen molar-refractivity contribution in [2.24, 2.45) is 5.10 Å². The van der Waals surface area contributed by atoms with E-state index in [0.717, 1.165) is 0 Å². The van der Waals surface area contributed by atoms with Crippen LogP contribution >= 0.6 is 15.9 Å². The molecule has 0 fully saturated rings. The van der Waals surface area contributed by atoms with Crippen molar-refractivity contribution in [1.29, 1.82) is 0 Å². The summed E-state index contributed by atoms with van der Waals surface area (Å²) in [6.45, 7) is -0.306. The van der Waals surface area contributed by atoms with Crippen molar-refractivity contribution in [3.05, 3.63) is 87.9 Å². The van der Waals surface area contributed by atoms with Gasteiger partial charge in [-0.2, -0.15) is 5.10 Å². The summed E-state index contributed by atoms with van der Waals surface area (Å²) in [5.74, 6) is -0.935. The number of hydrazone groups is 1. The highest BCUT2D eigenvalue weighted by Crippen LogP contribution is 2.36. The molecule has 7 nitrogen and oxygen atoms in total. The summed E-state index contributed by atoms with van der Waals surface area (Å²) in [5, 5.41) is 6.52. The first-order valence-corrected chi connectivity index (χ1v) is 10.8. The van der Waals surface area contributed by atoms with Gasteiger partial charge in [-0.1, -0.05) is 12.1 Å². The molecule has 0 radical (unpaired) electrons. The van der Waals surface area contributed by atoms with Gasteiger partial charge >= 0.3 is 0 Å². The molecule has 3 aromatic carbocycles. The highest BCUT2D eigenvalue weighted by Gasteiger charge is 2.13. The van der Waals surface area contributed by atoms with Crippen LogP contribution in [0.15, 0.2) is 70.2 Å². The molecule has 0 bridgehead atoms. The van der Waals surface area contributed by atoms with Crippen LogP contribution in [0.3, 0.4) is 0 Å². The smallest absolute Gasteiger partial charge is 0.262 e. The van der Waals surface area contributed by atoms with Gasteiger partial charge in [0.1, 0.15) is 11.6 Å². The summed E-state index contributed by atoms with van der Waals surface area (Å²) >= 11 is 3.38. The number of hydrogen-bond acceptors (Lipinski definition) is 5. The SMILES string of the molecule is COc1cc(/C=N/NC(=O)Cc2ccc(F)cc2)cc(Br)c1OCC(=O)Nc1ccc(F)cc1. The van der Waals surface area contributed by atoms with E-state index in [1.807, 2.05) is 0 Å². The van der Waals surface area contributed by atoms with E-state index >= 15 is 0 Å². The van der Waals surface area contributed by atoms with Gasteiger partial charge in [-0.15, -0.1) is 0 Å². The normalized spacial score (nSPS) is 10.7. The lowest BCUT2D eigenvalue weighted by molar-refractivity contribution is -0.120. The second-order valence-corrected chi connectivity index (χ2v) is 7.83. The molecule has 0 unspecified atom stereocenters. The molecular weight excluding hydrogens is 512 g/mol. The number of nitrogens with one attached hydrogen (secondary N) is 2. The molecule has 0 atom stereocenters. The van der Waals surface area contributed by atoms with Gasteiger partial charge in [-0.05, 0) is 75.6 Å². The van der Waals surface area contributed by atoms with Gasteiger partial charge in [0.15, 0.2) is 18.1 Å². The lowest BCUT2D eigenvalue weighted by Gasteiger charge is -2.13. The molecule has 0 spiro atoms. The molecule has 2 amide bonds. The van der Waals surface area contributed by atoms with Crippen LogP contribution in [0, 0.1) is 11.6 Å². The first-order valence-electron chi connectivity index (χ1n) is 9.96. The Morgan fingerprint density at radius 3 is 2.29 bits per heavy atom. The van der Waals surface area contributed by atoms with Crippen molar-refractivity contribution >= 4 is 39.6 Å². The van der Waals surface area contributed by atoms with Gasteiger partial charge in [0.2, 0.25) is 5.91 Å². The van der Waals surface area contributed by atoms with Crippen LogP contribution < -0.4 is 20.2 Å². The number of hydrogen-bond donors (Lipinski definition) is 2. The van der Waals surface area contributed by atoms with Crippen molar-refractivity contribution in [3.63, 3.8) is 0 Å². The Kier molecular flexibility index (Phi) is 8.69. The molecule has 2 N–H and O–H groups in total. The topological polar surface area (TPSA) is 89.0 Å². The summed E-state index contributed by atoms with van der Waals surface area (Å²) in [6.07, 6.45) is 1.47. The zero-order valence-electron chi connectivity index (χ0n) is 18.0. The monoisotopic (exact) mass is 531 g/mol. The lowest BCUT2D eigenvalue weighted by atomic mass is 10.1. The van der Waals surface area contributed by atoms with Crippen molar-refractivity contribution in [3.8, 4) is 11.5 Å². The average molecular weight is 532 g/mol. The number of anilines is 1. The Labute approximate surface area is 202 Å². The maximum Gasteiger partial charge on any atom is 0.262 e. The second kappa shape index (κ2) is 11.9. The first kappa shape index (κ1) is 24.8. The summed E-state index contributed by atoms with van der Waals surface area (Å²) in [7, 11) is 1.44. The van der Waals surface area contributed by atoms with E-state index in [1.165, 1.54) is 61.9 Å². The van der Waals surface area contributed by atoms with Gasteiger partial charge in [0, 0.05) is 5.69 Å². The standard InChI is InChI=1S/C24H20BrF2N3O4/c1-33-21-11-16(13-28-30-22(31)12-15-2-4-17(26)5-3-15)10-20(25)24(21)34-14-23(32)29-19-8-6-18(27)7-9-19/h2-11,13H,12,14H2,1H3,(H,29,32)(H,30,31)/b28-13+. The van der Waals surface area contributed by atoms with Crippen LogP contribution in [0.5, 0.6) is 11.5 Å². The zero-order chi connectivity index (χ0) is 24.5. The summed E-state index contributed by atoms with van der Waals surface area (Å²) in [5.41, 5.74) is 4.09. The molecular formula is C24H20BrF2N3O4. The van der Waals surface area contributed by atoms with E-state index in [0.29, 0.717) is 32.8 Å². The third kappa shape index (κ3) is 7.38. The molecule has 3 aromatic rings. The summed E-state index contributed by atoms with van der Waals surface area (Å²) in [6, 6.07) is 14.3. The number of ether oxygens (including phenoxy) is 2. The maximum absolute atomic E-state index is 13.0. The molecule has 3 rings (SSSR count). The van der Waals surface area contributed by atoms with Crippen molar-refractivity contribution in [2.75, 3.05) is 19.0 Å². The molecule has 176 valence electrons. The number of nitrogens with zero attached hydrogens (tertiary/aromatic N) is 1. The number of halogens is 3. The molecule has 10 heteroatoms. The number of rotatable bonds is 9. The van der Waals surface area contributed by atoms with Gasteiger partial charge in [-0.25, -0.2) is 14.2 Å². The Hall–Kier alpha value is -3.79. The Bertz CT molecular complexity index is 1190. The predicted octanol–water partition coefficient (Wildman–Crippen LogP) is 4.45. The minimum Gasteiger partial charge on any atom is -0.493 e. The molecule has 0 saturated heterocycles. The third-order valence-electron chi connectivity index (χ3n) is 4.41. The minimum absolute atomic E-state index is 0.0530. The Morgan fingerprint density at radius 2 is 1.65 bits per heavy atom. The fourth-order valence-electron chi connectivity index (χ4n) is 2.83. The fourth-order valence-corrected chi connectivity index (χ4v) is 3.40. The number of carbonyl (C=O) groups excluding carboxylic acids is 2. The Balaban J connectivity index is 1.57. The van der Waals surface area contributed by atoms with Crippen LogP contribution in [0.2, 0.25) is 0 Å². The van der Waals surface area contributed by atoms with Crippen LogP contribution in [0.25, 0.3) is 0 Å². The van der Waals surface area contributed by atoms with Crippen LogP contribution in [0.1, 0.15) is 11.1 Å². The van der Waals surface area contributed by atoms with Crippen molar-refractivity contribution in [1.82, 2.24) is 5.43 Å². The Morgan fingerprint density at radius 1 is 1.00 bits per heavy atom. The summed E-state index contributed by atoms with van der Waals surface area (Å²) in [4.78, 5) is 24.1. The maximum atomic E-state index is 13.0. The van der Waals surface area contributed by atoms with Crippen LogP contribution in [-0.4, -0.2) is 31.7 Å². The molecule has 0 aliphatic rings. The van der Waals surface area contributed by atoms with Crippen molar-refractivity contribution in [2.45, 2.75) is 6.42 Å². The highest BCUT2D eigenvalue weighted by atomic mass is 79.9. The summed E-state index contributed by atoms with van der Waals surface area (Å²) < 4.78 is 37.4. The number of amides is 2. The van der Waals surface area contributed by atoms with E-state index in [4.69, 9.17) is 9.47 Å². The molecule has 0 aromatic heterocycles. The van der Waals surface area contributed by atoms with Gasteiger partial charge < -0.3 is 14.8 Å². The largest absolute Gasteiger partial charge is 0.493 e. The van der Waals surface area contributed by atoms with E-state index in [1.54, 1.807) is 12.1 Å². The number of benzene rings is 3. The molecule has 0 heterocycles. The molecule has 0 aliphatic carbocycles. The lowest BCUT2D eigenvalue weighted by Crippen LogP contribution is -2.20. The van der Waals surface area contributed by atoms with Crippen LogP contribution in [0.4, 0.5) is 14.5 Å². The fraction of sp³-hybridized carbons (Fsp3) is 0.125. The van der Waals surface area contributed by atoms with E-state index in [2.05, 4.69) is 31.8 Å². The van der Waals surface area contributed by atoms with E-state index in [9.17, 15) is 18.4 Å². The van der Waals surface area contributed by atoms with Gasteiger partial charge in [0.25, 0.3) is 5.91 Å². The zero-order valence-corrected chi connectivity index (χ0v) is 19.6. The average Bonchev–Trinajstić information content (AvgIpc) is 2.81. The predicted molar refractivity (Wildman–Crippen MR) is 127 cm³/mol. The quantitative estimate of drug-likeness (QED) is 0.315. The number of methoxy groups -OCH3 is 1. The molecule has 0 saturated carbocycles.